The van der Waals surface area contributed by atoms with Crippen LogP contribution in [0, 0.1) is 5.92 Å². The lowest BCUT2D eigenvalue weighted by Crippen LogP contribution is -2.49. The Labute approximate surface area is 169 Å². The van der Waals surface area contributed by atoms with Crippen molar-refractivity contribution in [2.45, 2.75) is 52.1 Å². The molecule has 3 rings (SSSR count). The first kappa shape index (κ1) is 20.6. The largest absolute Gasteiger partial charge is 0.357 e. The van der Waals surface area contributed by atoms with E-state index in [-0.39, 0.29) is 17.4 Å². The smallest absolute Gasteiger partial charge is 0.223 e. The van der Waals surface area contributed by atoms with Crippen LogP contribution in [0.25, 0.3) is 0 Å². The summed E-state index contributed by atoms with van der Waals surface area (Å²) in [5, 5.41) is 9.62. The van der Waals surface area contributed by atoms with Crippen molar-refractivity contribution in [3.8, 4) is 0 Å². The summed E-state index contributed by atoms with van der Waals surface area (Å²) in [5.74, 6) is 1.27. The minimum atomic E-state index is -0.0178. The molecule has 0 spiro atoms. The van der Waals surface area contributed by atoms with E-state index in [4.69, 9.17) is 4.99 Å². The second kappa shape index (κ2) is 9.41. The van der Waals surface area contributed by atoms with Crippen LogP contribution < -0.4 is 16.0 Å². The first-order chi connectivity index (χ1) is 13.5. The lowest BCUT2D eigenvalue weighted by molar-refractivity contribution is -0.122. The molecule has 0 saturated heterocycles. The Bertz CT molecular complexity index is 696. The van der Waals surface area contributed by atoms with Crippen LogP contribution >= 0.6 is 0 Å². The normalized spacial score (nSPS) is 17.8. The Morgan fingerprint density at radius 2 is 1.86 bits per heavy atom. The van der Waals surface area contributed by atoms with Gasteiger partial charge in [-0.1, -0.05) is 24.3 Å². The molecular weight excluding hydrogens is 350 g/mol. The lowest BCUT2D eigenvalue weighted by Gasteiger charge is -2.40. The van der Waals surface area contributed by atoms with Gasteiger partial charge < -0.3 is 16.0 Å². The van der Waals surface area contributed by atoms with Crippen LogP contribution in [-0.4, -0.2) is 55.0 Å². The number of guanidine groups is 1. The van der Waals surface area contributed by atoms with Gasteiger partial charge in [0.1, 0.15) is 0 Å². The van der Waals surface area contributed by atoms with E-state index in [9.17, 15) is 4.79 Å². The van der Waals surface area contributed by atoms with Crippen molar-refractivity contribution in [2.75, 3.05) is 32.7 Å². The van der Waals surface area contributed by atoms with Gasteiger partial charge in [-0.05, 0) is 51.2 Å². The van der Waals surface area contributed by atoms with Crippen LogP contribution in [-0.2, 0) is 17.8 Å². The highest BCUT2D eigenvalue weighted by molar-refractivity contribution is 5.81. The fourth-order valence-electron chi connectivity index (χ4n) is 3.58. The number of nitrogens with zero attached hydrogens (tertiary/aromatic N) is 2. The van der Waals surface area contributed by atoms with Crippen molar-refractivity contribution < 1.29 is 4.79 Å². The Morgan fingerprint density at radius 1 is 1.14 bits per heavy atom. The van der Waals surface area contributed by atoms with Crippen LogP contribution in [0.5, 0.6) is 0 Å². The van der Waals surface area contributed by atoms with Crippen LogP contribution in [0.1, 0.15) is 44.7 Å². The zero-order valence-electron chi connectivity index (χ0n) is 17.6. The van der Waals surface area contributed by atoms with Crippen LogP contribution in [0.15, 0.2) is 29.3 Å². The average Bonchev–Trinajstić information content (AvgIpc) is 3.54. The maximum atomic E-state index is 11.7. The fourth-order valence-corrected chi connectivity index (χ4v) is 3.58. The molecule has 1 aromatic rings. The number of fused-ring (bicyclic) bond motifs is 1. The molecule has 154 valence electrons. The van der Waals surface area contributed by atoms with Gasteiger partial charge in [-0.3, -0.25) is 14.7 Å². The highest BCUT2D eigenvalue weighted by Crippen LogP contribution is 2.28. The standard InChI is InChI=1S/C22H35N5O/c1-4-23-21(25-13-12-24-20(28)18-9-10-18)26-16-22(2,3)27-14-11-17-7-5-6-8-19(17)15-27/h5-8,18H,4,9-16H2,1-3H3,(H,24,28)(H2,23,25,26). The molecule has 1 amide bonds. The van der Waals surface area contributed by atoms with Crippen LogP contribution in [0.3, 0.4) is 0 Å². The van der Waals surface area contributed by atoms with E-state index in [1.54, 1.807) is 0 Å². The predicted molar refractivity (Wildman–Crippen MR) is 114 cm³/mol. The molecule has 1 heterocycles. The summed E-state index contributed by atoms with van der Waals surface area (Å²) >= 11 is 0. The molecule has 6 heteroatoms. The molecule has 1 saturated carbocycles. The van der Waals surface area contributed by atoms with E-state index in [2.05, 4.69) is 65.9 Å². The Morgan fingerprint density at radius 3 is 2.57 bits per heavy atom. The second-order valence-electron chi connectivity index (χ2n) is 8.44. The van der Waals surface area contributed by atoms with Gasteiger partial charge in [0.05, 0.1) is 6.54 Å². The third-order valence-corrected chi connectivity index (χ3v) is 5.62. The summed E-state index contributed by atoms with van der Waals surface area (Å²) in [5.41, 5.74) is 2.89. The summed E-state index contributed by atoms with van der Waals surface area (Å²) in [7, 11) is 0. The number of carbonyl (C=O) groups excluding carboxylic acids is 1. The highest BCUT2D eigenvalue weighted by atomic mass is 16.2. The number of carbonyl (C=O) groups is 1. The van der Waals surface area contributed by atoms with E-state index in [0.29, 0.717) is 13.1 Å². The van der Waals surface area contributed by atoms with Crippen molar-refractivity contribution in [3.63, 3.8) is 0 Å². The topological polar surface area (TPSA) is 68.8 Å². The van der Waals surface area contributed by atoms with Gasteiger partial charge in [0, 0.05) is 44.2 Å². The van der Waals surface area contributed by atoms with Crippen LogP contribution in [0.4, 0.5) is 0 Å². The molecule has 3 N–H and O–H groups in total. The summed E-state index contributed by atoms with van der Waals surface area (Å²) in [6.45, 7) is 11.5. The number of rotatable bonds is 8. The number of benzene rings is 1. The number of nitrogens with one attached hydrogen (secondary N) is 3. The van der Waals surface area contributed by atoms with Gasteiger partial charge in [0.2, 0.25) is 5.91 Å². The van der Waals surface area contributed by atoms with E-state index in [1.807, 2.05) is 0 Å². The van der Waals surface area contributed by atoms with Gasteiger partial charge in [-0.15, -0.1) is 0 Å². The molecule has 1 aromatic carbocycles. The maximum absolute atomic E-state index is 11.7. The molecular formula is C22H35N5O. The minimum Gasteiger partial charge on any atom is -0.357 e. The van der Waals surface area contributed by atoms with Gasteiger partial charge in [0.25, 0.3) is 0 Å². The predicted octanol–water partition coefficient (Wildman–Crippen LogP) is 1.90. The van der Waals surface area contributed by atoms with Gasteiger partial charge in [-0.2, -0.15) is 0 Å². The molecule has 1 aliphatic carbocycles. The number of hydrogen-bond acceptors (Lipinski definition) is 3. The van der Waals surface area contributed by atoms with E-state index in [0.717, 1.165) is 51.4 Å². The average molecular weight is 386 g/mol. The fraction of sp³-hybridized carbons (Fsp3) is 0.636. The maximum Gasteiger partial charge on any atom is 0.223 e. The first-order valence-corrected chi connectivity index (χ1v) is 10.6. The van der Waals surface area contributed by atoms with Gasteiger partial charge >= 0.3 is 0 Å². The Balaban J connectivity index is 1.50. The molecule has 0 radical (unpaired) electrons. The van der Waals surface area contributed by atoms with Crippen molar-refractivity contribution in [2.24, 2.45) is 10.9 Å². The van der Waals surface area contributed by atoms with Crippen molar-refractivity contribution in [1.29, 1.82) is 0 Å². The molecule has 6 nitrogen and oxygen atoms in total. The summed E-state index contributed by atoms with van der Waals surface area (Å²) < 4.78 is 0. The van der Waals surface area contributed by atoms with Crippen molar-refractivity contribution in [1.82, 2.24) is 20.9 Å². The summed E-state index contributed by atoms with van der Waals surface area (Å²) in [6, 6.07) is 8.74. The van der Waals surface area contributed by atoms with E-state index < -0.39 is 0 Å². The lowest BCUT2D eigenvalue weighted by atomic mass is 9.94. The zero-order chi connectivity index (χ0) is 20.0. The second-order valence-corrected chi connectivity index (χ2v) is 8.44. The Kier molecular flexibility index (Phi) is 6.94. The zero-order valence-corrected chi connectivity index (χ0v) is 17.6. The van der Waals surface area contributed by atoms with Crippen molar-refractivity contribution in [3.05, 3.63) is 35.4 Å². The third-order valence-electron chi connectivity index (χ3n) is 5.62. The molecule has 1 aliphatic heterocycles. The first-order valence-electron chi connectivity index (χ1n) is 10.6. The molecule has 0 bridgehead atoms. The quantitative estimate of drug-likeness (QED) is 0.363. The SMILES string of the molecule is CCNC(=NCC(C)(C)N1CCc2ccccc2C1)NCCNC(=O)C1CC1. The van der Waals surface area contributed by atoms with E-state index >= 15 is 0 Å². The number of amides is 1. The molecule has 0 unspecified atom stereocenters. The molecule has 1 fully saturated rings. The van der Waals surface area contributed by atoms with Gasteiger partial charge in [-0.25, -0.2) is 0 Å². The van der Waals surface area contributed by atoms with Crippen LogP contribution in [0.2, 0.25) is 0 Å². The van der Waals surface area contributed by atoms with Gasteiger partial charge in [0.15, 0.2) is 5.96 Å². The number of hydrogen-bond donors (Lipinski definition) is 3. The van der Waals surface area contributed by atoms with E-state index in [1.165, 1.54) is 11.1 Å². The molecule has 0 atom stereocenters. The monoisotopic (exact) mass is 385 g/mol. The summed E-state index contributed by atoms with van der Waals surface area (Å²) in [4.78, 5) is 19.1. The highest BCUT2D eigenvalue weighted by Gasteiger charge is 2.30. The molecule has 28 heavy (non-hydrogen) atoms. The van der Waals surface area contributed by atoms with Crippen molar-refractivity contribution >= 4 is 11.9 Å². The summed E-state index contributed by atoms with van der Waals surface area (Å²) in [6.07, 6.45) is 3.18. The third kappa shape index (κ3) is 5.71. The Hall–Kier alpha value is -2.08. The number of aliphatic imine (C=N–C) groups is 1. The minimum absolute atomic E-state index is 0.0178. The molecule has 0 aromatic heterocycles. The molecule has 2 aliphatic rings.